The first-order chi connectivity index (χ1) is 10.9. The smallest absolute Gasteiger partial charge is 0.258 e. The fraction of sp³-hybridized carbons (Fsp3) is 0.353. The number of imide groups is 1. The molecular formula is C17H18BNO4. The fourth-order valence-electron chi connectivity index (χ4n) is 2.20. The summed E-state index contributed by atoms with van der Waals surface area (Å²) < 4.78 is 5.45. The lowest BCUT2D eigenvalue weighted by molar-refractivity contribution is -0.119. The summed E-state index contributed by atoms with van der Waals surface area (Å²) in [5.74, 6) is -1.15. The molecule has 0 N–H and O–H groups in total. The molecule has 6 heteroatoms. The summed E-state index contributed by atoms with van der Waals surface area (Å²) >= 11 is 0. The van der Waals surface area contributed by atoms with E-state index in [0.717, 1.165) is 17.7 Å². The number of ether oxygens (including phenoxy) is 1. The highest BCUT2D eigenvalue weighted by molar-refractivity contribution is 6.31. The number of anilines is 1. The van der Waals surface area contributed by atoms with E-state index in [2.05, 4.69) is 0 Å². The summed E-state index contributed by atoms with van der Waals surface area (Å²) in [5.41, 5.74) is -0.633. The highest BCUT2D eigenvalue weighted by Gasteiger charge is 2.29. The van der Waals surface area contributed by atoms with E-state index in [4.69, 9.17) is 12.6 Å². The van der Waals surface area contributed by atoms with Gasteiger partial charge >= 0.3 is 0 Å². The van der Waals surface area contributed by atoms with Crippen molar-refractivity contribution >= 4 is 31.1 Å². The Balaban J connectivity index is 2.11. The number of amides is 2. The molecule has 1 aromatic carbocycles. The highest BCUT2D eigenvalue weighted by Crippen LogP contribution is 2.22. The van der Waals surface area contributed by atoms with E-state index < -0.39 is 17.3 Å². The third-order valence-corrected chi connectivity index (χ3v) is 3.55. The minimum absolute atomic E-state index is 0.350. The Morgan fingerprint density at radius 1 is 1.17 bits per heavy atom. The Bertz CT molecular complexity index is 631. The largest absolute Gasteiger partial charge is 0.377 e. The number of rotatable bonds is 7. The maximum absolute atomic E-state index is 12.4. The summed E-state index contributed by atoms with van der Waals surface area (Å²) in [5, 5.41) is 0. The van der Waals surface area contributed by atoms with Gasteiger partial charge in [-0.3, -0.25) is 14.4 Å². The molecule has 1 heterocycles. The minimum atomic E-state index is -1.41. The third-order valence-electron chi connectivity index (χ3n) is 3.55. The average molecular weight is 311 g/mol. The van der Waals surface area contributed by atoms with Crippen LogP contribution in [0.4, 0.5) is 5.69 Å². The Labute approximate surface area is 136 Å². The van der Waals surface area contributed by atoms with Crippen LogP contribution in [-0.4, -0.2) is 37.6 Å². The monoisotopic (exact) mass is 311 g/mol. The van der Waals surface area contributed by atoms with Crippen molar-refractivity contribution in [1.29, 1.82) is 0 Å². The molecule has 1 atom stereocenters. The van der Waals surface area contributed by atoms with Gasteiger partial charge in [0.05, 0.1) is 11.2 Å². The number of carbonyl (C=O) groups excluding carboxylic acids is 3. The molecule has 0 bridgehead atoms. The van der Waals surface area contributed by atoms with E-state index >= 15 is 0 Å². The molecule has 1 aromatic rings. The number of hydrogen-bond acceptors (Lipinski definition) is 4. The van der Waals surface area contributed by atoms with Crippen molar-refractivity contribution in [3.05, 3.63) is 42.0 Å². The van der Waals surface area contributed by atoms with Crippen LogP contribution < -0.4 is 4.90 Å². The predicted molar refractivity (Wildman–Crippen MR) is 87.4 cm³/mol. The minimum Gasteiger partial charge on any atom is -0.377 e. The molecule has 0 aliphatic carbocycles. The molecule has 1 aliphatic heterocycles. The quantitative estimate of drug-likeness (QED) is 0.334. The van der Waals surface area contributed by atoms with Crippen LogP contribution in [0.1, 0.15) is 37.0 Å². The first-order valence-electron chi connectivity index (χ1n) is 7.50. The van der Waals surface area contributed by atoms with Crippen molar-refractivity contribution < 1.29 is 19.1 Å². The van der Waals surface area contributed by atoms with Gasteiger partial charge in [-0.1, -0.05) is 13.3 Å². The zero-order valence-corrected chi connectivity index (χ0v) is 13.2. The topological polar surface area (TPSA) is 63.7 Å². The summed E-state index contributed by atoms with van der Waals surface area (Å²) in [7, 11) is 5.94. The lowest BCUT2D eigenvalue weighted by atomic mass is 9.77. The lowest BCUT2D eigenvalue weighted by Crippen LogP contribution is -2.39. The van der Waals surface area contributed by atoms with Gasteiger partial charge in [-0.05, 0) is 37.6 Å². The van der Waals surface area contributed by atoms with Crippen LogP contribution in [0.5, 0.6) is 0 Å². The SMILES string of the molecule is [B]C(C)(OCCCC)C(=O)c1ccc(N2C(=O)C=CC2=O)cc1. The van der Waals surface area contributed by atoms with Crippen molar-refractivity contribution in [2.45, 2.75) is 32.2 Å². The first kappa shape index (κ1) is 17.2. The van der Waals surface area contributed by atoms with E-state index in [9.17, 15) is 14.4 Å². The van der Waals surface area contributed by atoms with Gasteiger partial charge in [0.25, 0.3) is 11.8 Å². The molecule has 1 aliphatic rings. The molecule has 0 aromatic heterocycles. The number of nitrogens with zero attached hydrogens (tertiary/aromatic N) is 1. The standard InChI is InChI=1S/C17H18BNO4/c1-3-4-11-23-17(2,18)16(22)12-5-7-13(8-6-12)19-14(20)9-10-15(19)21/h5-10H,3-4,11H2,1-2H3. The van der Waals surface area contributed by atoms with Gasteiger partial charge in [0.2, 0.25) is 0 Å². The Hall–Kier alpha value is -2.21. The molecule has 5 nitrogen and oxygen atoms in total. The predicted octanol–water partition coefficient (Wildman–Crippen LogP) is 2.00. The second-order valence-electron chi connectivity index (χ2n) is 5.53. The zero-order valence-electron chi connectivity index (χ0n) is 13.2. The lowest BCUT2D eigenvalue weighted by Gasteiger charge is -2.25. The van der Waals surface area contributed by atoms with Crippen LogP contribution in [0.25, 0.3) is 0 Å². The molecule has 0 spiro atoms. The van der Waals surface area contributed by atoms with Gasteiger partial charge in [0.1, 0.15) is 7.85 Å². The van der Waals surface area contributed by atoms with Crippen LogP contribution in [0.2, 0.25) is 0 Å². The number of unbranched alkanes of at least 4 members (excludes halogenated alkanes) is 1. The Morgan fingerprint density at radius 3 is 2.26 bits per heavy atom. The molecule has 118 valence electrons. The van der Waals surface area contributed by atoms with Crippen molar-refractivity contribution in [3.8, 4) is 0 Å². The summed E-state index contributed by atoms with van der Waals surface area (Å²) in [4.78, 5) is 36.7. The van der Waals surface area contributed by atoms with Crippen molar-refractivity contribution in [2.24, 2.45) is 0 Å². The van der Waals surface area contributed by atoms with Gasteiger partial charge in [-0.25, -0.2) is 4.90 Å². The molecule has 2 amide bonds. The normalized spacial score (nSPS) is 16.7. The van der Waals surface area contributed by atoms with Crippen molar-refractivity contribution in [1.82, 2.24) is 0 Å². The zero-order chi connectivity index (χ0) is 17.0. The van der Waals surface area contributed by atoms with E-state index in [-0.39, 0.29) is 5.78 Å². The second kappa shape index (κ2) is 6.92. The summed E-state index contributed by atoms with van der Waals surface area (Å²) in [6.45, 7) is 3.96. The van der Waals surface area contributed by atoms with Gasteiger partial charge in [-0.15, -0.1) is 0 Å². The number of ketones is 1. The maximum Gasteiger partial charge on any atom is 0.258 e. The van der Waals surface area contributed by atoms with Crippen LogP contribution >= 0.6 is 0 Å². The van der Waals surface area contributed by atoms with Gasteiger partial charge < -0.3 is 4.74 Å². The number of benzene rings is 1. The van der Waals surface area contributed by atoms with Gasteiger partial charge in [-0.2, -0.15) is 0 Å². The summed E-state index contributed by atoms with van der Waals surface area (Å²) in [6.07, 6.45) is 4.19. The molecular weight excluding hydrogens is 293 g/mol. The molecule has 2 rings (SSSR count). The number of hydrogen-bond donors (Lipinski definition) is 0. The van der Waals surface area contributed by atoms with Crippen LogP contribution in [0, 0.1) is 0 Å². The Morgan fingerprint density at radius 2 is 1.74 bits per heavy atom. The molecule has 0 saturated carbocycles. The Kier molecular flexibility index (Phi) is 5.16. The molecule has 1 unspecified atom stereocenters. The molecule has 23 heavy (non-hydrogen) atoms. The maximum atomic E-state index is 12.4. The first-order valence-corrected chi connectivity index (χ1v) is 7.50. The van der Waals surface area contributed by atoms with Crippen molar-refractivity contribution in [3.63, 3.8) is 0 Å². The van der Waals surface area contributed by atoms with E-state index in [1.165, 1.54) is 43.3 Å². The number of Topliss-reactive ketones (excluding diaryl/α,β-unsaturated/α-hetero) is 1. The van der Waals surface area contributed by atoms with Gasteiger partial charge in [0, 0.05) is 24.3 Å². The van der Waals surface area contributed by atoms with Gasteiger partial charge in [0.15, 0.2) is 5.78 Å². The van der Waals surface area contributed by atoms with Crippen molar-refractivity contribution in [2.75, 3.05) is 11.5 Å². The average Bonchev–Trinajstić information content (AvgIpc) is 2.86. The number of carbonyl (C=O) groups is 3. The van der Waals surface area contributed by atoms with Crippen LogP contribution in [0.3, 0.4) is 0 Å². The molecule has 0 fully saturated rings. The molecule has 0 saturated heterocycles. The molecule has 2 radical (unpaired) electrons. The van der Waals surface area contributed by atoms with Crippen LogP contribution in [0.15, 0.2) is 36.4 Å². The third kappa shape index (κ3) is 3.77. The van der Waals surface area contributed by atoms with Crippen LogP contribution in [-0.2, 0) is 14.3 Å². The van der Waals surface area contributed by atoms with E-state index in [0.29, 0.717) is 17.9 Å². The fourth-order valence-corrected chi connectivity index (χ4v) is 2.20. The summed E-state index contributed by atoms with van der Waals surface area (Å²) in [6, 6.07) is 6.14. The van der Waals surface area contributed by atoms with E-state index in [1.54, 1.807) is 0 Å². The highest BCUT2D eigenvalue weighted by atomic mass is 16.5. The second-order valence-corrected chi connectivity index (χ2v) is 5.53. The van der Waals surface area contributed by atoms with E-state index in [1.807, 2.05) is 6.92 Å².